The van der Waals surface area contributed by atoms with E-state index in [1.807, 2.05) is 0 Å². The van der Waals surface area contributed by atoms with Gasteiger partial charge in [0.05, 0.1) is 0 Å². The summed E-state index contributed by atoms with van der Waals surface area (Å²) in [5.41, 5.74) is 1.42. The Morgan fingerprint density at radius 3 is 1.72 bits per heavy atom. The monoisotopic (exact) mass is 438 g/mol. The van der Waals surface area contributed by atoms with Gasteiger partial charge in [0.2, 0.25) is 0 Å². The fraction of sp³-hybridized carbons (Fsp3) is 0.867. The van der Waals surface area contributed by atoms with Crippen LogP contribution in [0.5, 0.6) is 0 Å². The standard InChI is InChI=1S/C30H50N2/c1-3-5-6-8-24-11-15-28(16-12-24)30-31-21-29(22-32-30)27-19-17-26(18-20-27)25-13-9-23(7-4-2)10-14-25/h21-28H,3-20H2,1-2H3/t23-,24-,25-,26-,27-,28-. The summed E-state index contributed by atoms with van der Waals surface area (Å²) in [5, 5.41) is 0. The van der Waals surface area contributed by atoms with E-state index in [0.29, 0.717) is 11.8 Å². The molecule has 0 unspecified atom stereocenters. The van der Waals surface area contributed by atoms with E-state index in [2.05, 4.69) is 26.2 Å². The molecule has 0 atom stereocenters. The predicted molar refractivity (Wildman–Crippen MR) is 136 cm³/mol. The Labute approximate surface area is 198 Å². The van der Waals surface area contributed by atoms with Crippen LogP contribution in [0.3, 0.4) is 0 Å². The number of rotatable bonds is 9. The van der Waals surface area contributed by atoms with Crippen LogP contribution < -0.4 is 0 Å². The molecular weight excluding hydrogens is 388 g/mol. The molecule has 1 aromatic heterocycles. The van der Waals surface area contributed by atoms with Crippen LogP contribution in [0, 0.1) is 23.7 Å². The summed E-state index contributed by atoms with van der Waals surface area (Å²) < 4.78 is 0. The molecule has 4 rings (SSSR count). The van der Waals surface area contributed by atoms with Gasteiger partial charge < -0.3 is 0 Å². The van der Waals surface area contributed by atoms with Crippen molar-refractivity contribution in [1.82, 2.24) is 9.97 Å². The molecule has 0 N–H and O–H groups in total. The minimum atomic E-state index is 0.616. The van der Waals surface area contributed by atoms with Crippen LogP contribution in [0.4, 0.5) is 0 Å². The average molecular weight is 439 g/mol. The Bertz CT molecular complexity index is 629. The first kappa shape index (κ1) is 24.2. The Kier molecular flexibility index (Phi) is 9.47. The Balaban J connectivity index is 1.19. The summed E-state index contributed by atoms with van der Waals surface area (Å²) >= 11 is 0. The topological polar surface area (TPSA) is 25.8 Å². The van der Waals surface area contributed by atoms with E-state index in [1.54, 1.807) is 0 Å². The smallest absolute Gasteiger partial charge is 0.131 e. The van der Waals surface area contributed by atoms with Crippen molar-refractivity contribution in [2.75, 3.05) is 0 Å². The maximum absolute atomic E-state index is 4.90. The Hall–Kier alpha value is -0.920. The molecule has 32 heavy (non-hydrogen) atoms. The van der Waals surface area contributed by atoms with E-state index in [4.69, 9.17) is 9.97 Å². The lowest BCUT2D eigenvalue weighted by Gasteiger charge is -2.38. The van der Waals surface area contributed by atoms with E-state index < -0.39 is 0 Å². The number of nitrogens with zero attached hydrogens (tertiary/aromatic N) is 2. The fourth-order valence-corrected chi connectivity index (χ4v) is 7.44. The van der Waals surface area contributed by atoms with Crippen LogP contribution in [0.1, 0.15) is 153 Å². The SMILES string of the molecule is CCCCC[C@H]1CC[C@H](c2ncc([C@H]3CC[C@H]([C@H]4CC[C@H](CCC)CC4)CC3)cn2)CC1. The van der Waals surface area contributed by atoms with Gasteiger partial charge in [0.1, 0.15) is 5.82 Å². The molecule has 3 aliphatic rings. The molecule has 3 fully saturated rings. The molecule has 180 valence electrons. The van der Waals surface area contributed by atoms with Crippen molar-refractivity contribution in [3.05, 3.63) is 23.8 Å². The summed E-state index contributed by atoms with van der Waals surface area (Å²) in [4.78, 5) is 9.80. The summed E-state index contributed by atoms with van der Waals surface area (Å²) in [6, 6.07) is 0. The van der Waals surface area contributed by atoms with Crippen molar-refractivity contribution in [1.29, 1.82) is 0 Å². The molecule has 3 aliphatic carbocycles. The number of aromatic nitrogens is 2. The largest absolute Gasteiger partial charge is 0.241 e. The van der Waals surface area contributed by atoms with Crippen molar-refractivity contribution in [3.63, 3.8) is 0 Å². The Morgan fingerprint density at radius 1 is 0.594 bits per heavy atom. The molecule has 0 bridgehead atoms. The molecule has 0 aliphatic heterocycles. The fourth-order valence-electron chi connectivity index (χ4n) is 7.44. The van der Waals surface area contributed by atoms with Crippen LogP contribution >= 0.6 is 0 Å². The van der Waals surface area contributed by atoms with Gasteiger partial charge in [-0.05, 0) is 99.4 Å². The average Bonchev–Trinajstić information content (AvgIpc) is 2.86. The van der Waals surface area contributed by atoms with Gasteiger partial charge in [-0.25, -0.2) is 9.97 Å². The van der Waals surface area contributed by atoms with Gasteiger partial charge in [0.25, 0.3) is 0 Å². The van der Waals surface area contributed by atoms with Crippen LogP contribution in [0.2, 0.25) is 0 Å². The van der Waals surface area contributed by atoms with Crippen LogP contribution in [0.25, 0.3) is 0 Å². The van der Waals surface area contributed by atoms with E-state index in [9.17, 15) is 0 Å². The lowest BCUT2D eigenvalue weighted by Crippen LogP contribution is -2.25. The summed E-state index contributed by atoms with van der Waals surface area (Å²) in [7, 11) is 0. The molecule has 3 saturated carbocycles. The van der Waals surface area contributed by atoms with Gasteiger partial charge in [-0.3, -0.25) is 0 Å². The molecule has 2 nitrogen and oxygen atoms in total. The van der Waals surface area contributed by atoms with Crippen molar-refractivity contribution >= 4 is 0 Å². The molecule has 1 aromatic rings. The van der Waals surface area contributed by atoms with Crippen LogP contribution in [0.15, 0.2) is 12.4 Å². The summed E-state index contributed by atoms with van der Waals surface area (Å²) in [5.74, 6) is 6.50. The summed E-state index contributed by atoms with van der Waals surface area (Å²) in [6.45, 7) is 4.66. The third-order valence-electron chi connectivity index (χ3n) is 9.62. The van der Waals surface area contributed by atoms with E-state index in [-0.39, 0.29) is 0 Å². The van der Waals surface area contributed by atoms with Crippen molar-refractivity contribution in [3.8, 4) is 0 Å². The number of unbranched alkanes of at least 4 members (excludes halogenated alkanes) is 2. The van der Waals surface area contributed by atoms with Crippen LogP contribution in [-0.2, 0) is 0 Å². The van der Waals surface area contributed by atoms with Gasteiger partial charge in [-0.2, -0.15) is 0 Å². The first-order valence-electron chi connectivity index (χ1n) is 14.6. The van der Waals surface area contributed by atoms with Crippen molar-refractivity contribution < 1.29 is 0 Å². The van der Waals surface area contributed by atoms with Crippen molar-refractivity contribution in [2.24, 2.45) is 23.7 Å². The molecule has 2 heteroatoms. The van der Waals surface area contributed by atoms with E-state index in [1.165, 1.54) is 121 Å². The summed E-state index contributed by atoms with van der Waals surface area (Å²) in [6.07, 6.45) is 29.9. The highest BCUT2D eigenvalue weighted by molar-refractivity contribution is 5.14. The minimum absolute atomic E-state index is 0.616. The normalized spacial score (nSPS) is 33.8. The van der Waals surface area contributed by atoms with Gasteiger partial charge in [0.15, 0.2) is 0 Å². The van der Waals surface area contributed by atoms with E-state index in [0.717, 1.165) is 29.5 Å². The van der Waals surface area contributed by atoms with E-state index >= 15 is 0 Å². The van der Waals surface area contributed by atoms with Gasteiger partial charge >= 0.3 is 0 Å². The first-order chi connectivity index (χ1) is 15.8. The lowest BCUT2D eigenvalue weighted by atomic mass is 9.68. The van der Waals surface area contributed by atoms with Gasteiger partial charge in [-0.15, -0.1) is 0 Å². The third kappa shape index (κ3) is 6.57. The lowest BCUT2D eigenvalue weighted by molar-refractivity contribution is 0.156. The molecular formula is C30H50N2. The molecule has 0 spiro atoms. The molecule has 1 heterocycles. The highest BCUT2D eigenvalue weighted by Gasteiger charge is 2.31. The zero-order chi connectivity index (χ0) is 22.2. The molecule has 0 radical (unpaired) electrons. The maximum Gasteiger partial charge on any atom is 0.131 e. The second-order valence-corrected chi connectivity index (χ2v) is 11.8. The number of hydrogen-bond donors (Lipinski definition) is 0. The van der Waals surface area contributed by atoms with Crippen molar-refractivity contribution in [2.45, 2.75) is 141 Å². The molecule has 0 aromatic carbocycles. The maximum atomic E-state index is 4.90. The van der Waals surface area contributed by atoms with Gasteiger partial charge in [0, 0.05) is 18.3 Å². The number of hydrogen-bond acceptors (Lipinski definition) is 2. The zero-order valence-corrected chi connectivity index (χ0v) is 21.2. The predicted octanol–water partition coefficient (Wildman–Crippen LogP) is 9.21. The second kappa shape index (κ2) is 12.5. The minimum Gasteiger partial charge on any atom is -0.241 e. The highest BCUT2D eigenvalue weighted by atomic mass is 14.9. The zero-order valence-electron chi connectivity index (χ0n) is 21.2. The quantitative estimate of drug-likeness (QED) is 0.359. The molecule has 0 saturated heterocycles. The third-order valence-corrected chi connectivity index (χ3v) is 9.62. The first-order valence-corrected chi connectivity index (χ1v) is 14.6. The Morgan fingerprint density at radius 2 is 1.12 bits per heavy atom. The van der Waals surface area contributed by atoms with Gasteiger partial charge in [-0.1, -0.05) is 65.2 Å². The second-order valence-electron chi connectivity index (χ2n) is 11.8. The van der Waals surface area contributed by atoms with Crippen LogP contribution in [-0.4, -0.2) is 9.97 Å². The molecule has 0 amide bonds. The highest BCUT2D eigenvalue weighted by Crippen LogP contribution is 2.44.